The molecule has 5 rings (SSSR count). The van der Waals surface area contributed by atoms with E-state index < -0.39 is 30.6 Å². The fourth-order valence-corrected chi connectivity index (χ4v) is 4.47. The molecule has 3 N–H and O–H groups in total. The van der Waals surface area contributed by atoms with Crippen LogP contribution in [0.4, 0.5) is 19.1 Å². The van der Waals surface area contributed by atoms with Crippen LogP contribution in [0.15, 0.2) is 53.3 Å². The van der Waals surface area contributed by atoms with E-state index in [4.69, 9.17) is 23.2 Å². The minimum absolute atomic E-state index is 0.0617. The first-order valence-corrected chi connectivity index (χ1v) is 12.7. The Balaban J connectivity index is 1.55. The van der Waals surface area contributed by atoms with Gasteiger partial charge < -0.3 is 15.7 Å². The van der Waals surface area contributed by atoms with Gasteiger partial charge in [0.05, 0.1) is 17.3 Å². The molecule has 2 aromatic heterocycles. The quantitative estimate of drug-likeness (QED) is 0.285. The molecule has 0 spiro atoms. The number of halogens is 5. The molecule has 1 unspecified atom stereocenters. The van der Waals surface area contributed by atoms with Crippen LogP contribution >= 0.6 is 23.2 Å². The molecule has 11 nitrogen and oxygen atoms in total. The number of carbonyl (C=O) groups excluding carboxylic acids is 1. The molecule has 210 valence electrons. The Morgan fingerprint density at radius 1 is 1.10 bits per heavy atom. The average molecular weight is 597 g/mol. The number of aliphatic hydroxyl groups is 1. The fourth-order valence-electron chi connectivity index (χ4n) is 4.13. The third-order valence-corrected chi connectivity index (χ3v) is 6.71. The van der Waals surface area contributed by atoms with Crippen molar-refractivity contribution in [2.45, 2.75) is 37.8 Å². The molecule has 1 aliphatic heterocycles. The summed E-state index contributed by atoms with van der Waals surface area (Å²) in [7, 11) is 0. The van der Waals surface area contributed by atoms with E-state index in [1.165, 1.54) is 28.9 Å². The Bertz CT molecular complexity index is 1600. The third kappa shape index (κ3) is 5.69. The van der Waals surface area contributed by atoms with E-state index in [2.05, 4.69) is 25.8 Å². The van der Waals surface area contributed by atoms with Gasteiger partial charge in [-0.2, -0.15) is 22.8 Å². The number of hydrogen-bond donors (Lipinski definition) is 3. The highest BCUT2D eigenvalue weighted by atomic mass is 35.5. The van der Waals surface area contributed by atoms with Gasteiger partial charge in [0.1, 0.15) is 12.6 Å². The molecule has 0 radical (unpaired) electrons. The van der Waals surface area contributed by atoms with Crippen molar-refractivity contribution in [1.82, 2.24) is 34.4 Å². The number of rotatable bonds is 8. The highest BCUT2D eigenvalue weighted by molar-refractivity contribution is 6.32. The van der Waals surface area contributed by atoms with Crippen LogP contribution in [0.1, 0.15) is 12.2 Å². The maximum Gasteiger partial charge on any atom is 0.416 e. The second-order valence-electron chi connectivity index (χ2n) is 8.93. The number of hydrogen-bond acceptors (Lipinski definition) is 7. The Morgan fingerprint density at radius 2 is 1.82 bits per heavy atom. The molecule has 0 saturated carbocycles. The van der Waals surface area contributed by atoms with Crippen LogP contribution in [-0.4, -0.2) is 65.0 Å². The molecule has 0 bridgehead atoms. The van der Waals surface area contributed by atoms with Gasteiger partial charge in [-0.05, 0) is 42.8 Å². The molecule has 1 amide bonds. The first kappa shape index (κ1) is 27.7. The molecule has 0 aliphatic carbocycles. The molecule has 2 atom stereocenters. The SMILES string of the molecule is O=C1NCCC1Nc1nc(Cn2nc(-c3ccc(Cl)cc3)n(C[C@H](O)C(F)(F)F)c2=O)nn1-c1ccccc1Cl. The minimum Gasteiger partial charge on any atom is -0.382 e. The topological polar surface area (TPSA) is 132 Å². The number of aliphatic hydroxyl groups excluding tert-OH is 1. The van der Waals surface area contributed by atoms with Crippen LogP contribution in [0.25, 0.3) is 17.1 Å². The Hall–Kier alpha value is -3.88. The van der Waals surface area contributed by atoms with Gasteiger partial charge >= 0.3 is 11.9 Å². The molecule has 3 heterocycles. The van der Waals surface area contributed by atoms with Crippen LogP contribution in [0.5, 0.6) is 0 Å². The summed E-state index contributed by atoms with van der Waals surface area (Å²) in [6.45, 7) is -0.934. The molecule has 40 heavy (non-hydrogen) atoms. The molecule has 4 aromatic rings. The van der Waals surface area contributed by atoms with E-state index in [9.17, 15) is 27.9 Å². The lowest BCUT2D eigenvalue weighted by molar-refractivity contribution is -0.207. The number of para-hydroxylation sites is 1. The van der Waals surface area contributed by atoms with Gasteiger partial charge in [0.15, 0.2) is 17.8 Å². The summed E-state index contributed by atoms with van der Waals surface area (Å²) in [6.07, 6.45) is -7.26. The van der Waals surface area contributed by atoms with E-state index in [0.717, 1.165) is 9.25 Å². The van der Waals surface area contributed by atoms with Gasteiger partial charge in [-0.1, -0.05) is 35.3 Å². The molecule has 16 heteroatoms. The summed E-state index contributed by atoms with van der Waals surface area (Å²) in [4.78, 5) is 29.8. The van der Waals surface area contributed by atoms with Crippen molar-refractivity contribution in [2.24, 2.45) is 0 Å². The first-order chi connectivity index (χ1) is 19.0. The van der Waals surface area contributed by atoms with Crippen molar-refractivity contribution in [2.75, 3.05) is 11.9 Å². The van der Waals surface area contributed by atoms with Crippen LogP contribution in [0.3, 0.4) is 0 Å². The van der Waals surface area contributed by atoms with Gasteiger partial charge in [0, 0.05) is 17.1 Å². The largest absolute Gasteiger partial charge is 0.416 e. The lowest BCUT2D eigenvalue weighted by atomic mass is 10.2. The van der Waals surface area contributed by atoms with E-state index in [1.54, 1.807) is 24.3 Å². The van der Waals surface area contributed by atoms with Crippen molar-refractivity contribution in [3.8, 4) is 17.1 Å². The number of alkyl halides is 3. The van der Waals surface area contributed by atoms with Gasteiger partial charge in [-0.25, -0.2) is 9.48 Å². The Kier molecular flexibility index (Phi) is 7.57. The molecular formula is C24H21Cl2F3N8O3. The predicted molar refractivity (Wildman–Crippen MR) is 140 cm³/mol. The maximum atomic E-state index is 13.2. The second-order valence-corrected chi connectivity index (χ2v) is 9.77. The Morgan fingerprint density at radius 3 is 2.48 bits per heavy atom. The van der Waals surface area contributed by atoms with Crippen LogP contribution < -0.4 is 16.3 Å². The number of benzene rings is 2. The van der Waals surface area contributed by atoms with Crippen molar-refractivity contribution in [3.63, 3.8) is 0 Å². The van der Waals surface area contributed by atoms with Gasteiger partial charge in [-0.3, -0.25) is 9.36 Å². The van der Waals surface area contributed by atoms with Crippen molar-refractivity contribution >= 4 is 35.1 Å². The highest BCUT2D eigenvalue weighted by Gasteiger charge is 2.39. The van der Waals surface area contributed by atoms with Crippen LogP contribution in [0, 0.1) is 0 Å². The summed E-state index contributed by atoms with van der Waals surface area (Å²) in [5, 5.41) is 24.8. The third-order valence-electron chi connectivity index (χ3n) is 6.13. The zero-order valence-electron chi connectivity index (χ0n) is 20.4. The molecule has 1 aliphatic rings. The summed E-state index contributed by atoms with van der Waals surface area (Å²) in [6, 6.07) is 12.2. The van der Waals surface area contributed by atoms with Crippen molar-refractivity contribution in [1.29, 1.82) is 0 Å². The monoisotopic (exact) mass is 596 g/mol. The van der Waals surface area contributed by atoms with Gasteiger partial charge in [-0.15, -0.1) is 10.2 Å². The van der Waals surface area contributed by atoms with Crippen LogP contribution in [-0.2, 0) is 17.9 Å². The second kappa shape index (κ2) is 10.9. The number of carbonyl (C=O) groups is 1. The van der Waals surface area contributed by atoms with Gasteiger partial charge in [0.2, 0.25) is 11.9 Å². The zero-order chi connectivity index (χ0) is 28.6. The van der Waals surface area contributed by atoms with E-state index >= 15 is 0 Å². The molecule has 2 aromatic carbocycles. The molecular weight excluding hydrogens is 576 g/mol. The molecule has 1 saturated heterocycles. The van der Waals surface area contributed by atoms with E-state index in [-0.39, 0.29) is 30.0 Å². The number of aromatic nitrogens is 6. The van der Waals surface area contributed by atoms with Crippen LogP contribution in [0.2, 0.25) is 10.0 Å². The van der Waals surface area contributed by atoms with Crippen molar-refractivity contribution in [3.05, 3.63) is 74.9 Å². The fraction of sp³-hybridized carbons (Fsp3) is 0.292. The summed E-state index contributed by atoms with van der Waals surface area (Å²) in [5.74, 6) is -0.104. The lowest BCUT2D eigenvalue weighted by Gasteiger charge is -2.15. The minimum atomic E-state index is -4.96. The number of anilines is 1. The summed E-state index contributed by atoms with van der Waals surface area (Å²) in [5.41, 5.74) is -0.178. The normalized spacial score (nSPS) is 16.2. The van der Waals surface area contributed by atoms with E-state index in [1.807, 2.05) is 0 Å². The standard InChI is InChI=1S/C24H21Cl2F3N8O3/c25-14-7-5-13(6-8-14)20-34-36(23(40)35(20)11-18(38)24(27,28)29)12-19-32-22(31-16-9-10-30-21(16)39)37(33-19)17-4-2-1-3-15(17)26/h1-8,16,18,38H,9-12H2,(H,30,39)(H,31,32,33)/t16?,18-/m0/s1. The summed E-state index contributed by atoms with van der Waals surface area (Å²) >= 11 is 12.3. The average Bonchev–Trinajstić information content (AvgIpc) is 3.58. The lowest BCUT2D eigenvalue weighted by Crippen LogP contribution is -2.37. The van der Waals surface area contributed by atoms with Gasteiger partial charge in [0.25, 0.3) is 0 Å². The van der Waals surface area contributed by atoms with E-state index in [0.29, 0.717) is 34.3 Å². The smallest absolute Gasteiger partial charge is 0.382 e. The maximum absolute atomic E-state index is 13.2. The predicted octanol–water partition coefficient (Wildman–Crippen LogP) is 2.87. The first-order valence-electron chi connectivity index (χ1n) is 11.9. The number of amides is 1. The van der Waals surface area contributed by atoms with Crippen molar-refractivity contribution < 1.29 is 23.1 Å². The Labute approximate surface area is 234 Å². The molecule has 1 fully saturated rings. The highest BCUT2D eigenvalue weighted by Crippen LogP contribution is 2.26. The zero-order valence-corrected chi connectivity index (χ0v) is 22.0. The number of nitrogens with one attached hydrogen (secondary N) is 2. The summed E-state index contributed by atoms with van der Waals surface area (Å²) < 4.78 is 42.5. The number of nitrogens with zero attached hydrogens (tertiary/aromatic N) is 6.